The van der Waals surface area contributed by atoms with Gasteiger partial charge in [0.1, 0.15) is 0 Å². The van der Waals surface area contributed by atoms with Gasteiger partial charge in [-0.1, -0.05) is 0 Å². The molecule has 1 fully saturated rings. The number of piperidine rings is 1. The third-order valence-corrected chi connectivity index (χ3v) is 6.26. The van der Waals surface area contributed by atoms with Crippen molar-refractivity contribution in [2.75, 3.05) is 52.6 Å². The zero-order valence-electron chi connectivity index (χ0n) is 15.8. The number of ether oxygens (including phenoxy) is 1. The molecule has 146 valence electrons. The number of esters is 1. The van der Waals surface area contributed by atoms with E-state index in [2.05, 4.69) is 15.2 Å². The maximum absolute atomic E-state index is 11.7. The molecule has 8 nitrogen and oxygen atoms in total. The molecule has 0 bridgehead atoms. The molecule has 1 aliphatic rings. The second-order valence-corrected chi connectivity index (χ2v) is 8.46. The Hall–Kier alpha value is -1.35. The van der Waals surface area contributed by atoms with Crippen LogP contribution < -0.4 is 5.32 Å². The Morgan fingerprint density at radius 2 is 1.96 bits per heavy atom. The number of nitrogens with zero attached hydrogens (tertiary/aromatic N) is 3. The average Bonchev–Trinajstić information content (AvgIpc) is 2.63. The lowest BCUT2D eigenvalue weighted by molar-refractivity contribution is -0.146. The van der Waals surface area contributed by atoms with Crippen LogP contribution in [0.3, 0.4) is 0 Å². The van der Waals surface area contributed by atoms with Crippen molar-refractivity contribution in [2.45, 2.75) is 33.1 Å². The third-order valence-electron chi connectivity index (χ3n) is 4.40. The van der Waals surface area contributed by atoms with Gasteiger partial charge in [0.25, 0.3) is 0 Å². The van der Waals surface area contributed by atoms with Crippen LogP contribution in [-0.2, 0) is 19.6 Å². The van der Waals surface area contributed by atoms with E-state index < -0.39 is 10.0 Å². The number of aliphatic imine (C=N–C) groups is 1. The second-order valence-electron chi connectivity index (χ2n) is 6.10. The lowest BCUT2D eigenvalue weighted by Gasteiger charge is -2.33. The zero-order valence-corrected chi connectivity index (χ0v) is 16.6. The van der Waals surface area contributed by atoms with Crippen LogP contribution in [0, 0.1) is 5.92 Å². The number of rotatable bonds is 8. The van der Waals surface area contributed by atoms with Crippen LogP contribution in [0.25, 0.3) is 0 Å². The number of sulfonamides is 1. The molecule has 1 heterocycles. The van der Waals surface area contributed by atoms with Crippen LogP contribution in [0.15, 0.2) is 4.99 Å². The minimum Gasteiger partial charge on any atom is -0.469 e. The highest BCUT2D eigenvalue weighted by Gasteiger charge is 2.26. The number of likely N-dealkylation sites (tertiary alicyclic amines) is 1. The van der Waals surface area contributed by atoms with Gasteiger partial charge in [0, 0.05) is 39.8 Å². The fourth-order valence-corrected chi connectivity index (χ4v) is 3.61. The molecule has 9 heteroatoms. The van der Waals surface area contributed by atoms with Gasteiger partial charge in [-0.05, 0) is 33.1 Å². The smallest absolute Gasteiger partial charge is 0.308 e. The van der Waals surface area contributed by atoms with Crippen molar-refractivity contribution in [3.8, 4) is 0 Å². The van der Waals surface area contributed by atoms with Crippen LogP contribution >= 0.6 is 0 Å². The van der Waals surface area contributed by atoms with Crippen molar-refractivity contribution >= 4 is 22.0 Å². The van der Waals surface area contributed by atoms with E-state index >= 15 is 0 Å². The number of guanidine groups is 1. The van der Waals surface area contributed by atoms with Gasteiger partial charge in [-0.3, -0.25) is 9.79 Å². The van der Waals surface area contributed by atoms with Crippen molar-refractivity contribution < 1.29 is 17.9 Å². The van der Waals surface area contributed by atoms with Crippen LogP contribution in [-0.4, -0.2) is 82.2 Å². The summed E-state index contributed by atoms with van der Waals surface area (Å²) in [6, 6.07) is 0. The molecule has 0 aromatic heterocycles. The molecule has 0 spiro atoms. The Morgan fingerprint density at radius 3 is 2.48 bits per heavy atom. The Bertz CT molecular complexity index is 542. The van der Waals surface area contributed by atoms with E-state index in [0.29, 0.717) is 19.5 Å². The van der Waals surface area contributed by atoms with E-state index in [9.17, 15) is 13.2 Å². The zero-order chi connectivity index (χ0) is 18.9. The maximum atomic E-state index is 11.7. The minimum absolute atomic E-state index is 0.0305. The lowest BCUT2D eigenvalue weighted by Crippen LogP contribution is -2.46. The lowest BCUT2D eigenvalue weighted by atomic mass is 9.97. The molecule has 1 saturated heterocycles. The Morgan fingerprint density at radius 1 is 1.32 bits per heavy atom. The van der Waals surface area contributed by atoms with E-state index in [4.69, 9.17) is 4.74 Å². The summed E-state index contributed by atoms with van der Waals surface area (Å²) in [5, 5.41) is 3.27. The van der Waals surface area contributed by atoms with Crippen LogP contribution in [0.4, 0.5) is 0 Å². The van der Waals surface area contributed by atoms with Gasteiger partial charge in [-0.25, -0.2) is 12.7 Å². The quantitative estimate of drug-likeness (QED) is 0.287. The first kappa shape index (κ1) is 21.7. The van der Waals surface area contributed by atoms with Gasteiger partial charge >= 0.3 is 5.97 Å². The SMILES string of the molecule is CCNC(=NCCCN(C)S(=O)(=O)CC)N1CCC(C(=O)OC)CC1. The number of hydrogen-bond acceptors (Lipinski definition) is 5. The normalized spacial score (nSPS) is 17.0. The summed E-state index contributed by atoms with van der Waals surface area (Å²) < 4.78 is 29.6. The molecule has 0 atom stereocenters. The number of nitrogens with one attached hydrogen (secondary N) is 1. The highest BCUT2D eigenvalue weighted by Crippen LogP contribution is 2.18. The topological polar surface area (TPSA) is 91.3 Å². The highest BCUT2D eigenvalue weighted by molar-refractivity contribution is 7.89. The molecule has 0 aromatic carbocycles. The fraction of sp³-hybridized carbons (Fsp3) is 0.875. The van der Waals surface area contributed by atoms with E-state index in [1.165, 1.54) is 11.4 Å². The van der Waals surface area contributed by atoms with E-state index in [-0.39, 0.29) is 17.6 Å². The van der Waals surface area contributed by atoms with Crippen LogP contribution in [0.1, 0.15) is 33.1 Å². The molecule has 1 rings (SSSR count). The monoisotopic (exact) mass is 376 g/mol. The second kappa shape index (κ2) is 10.6. The van der Waals surface area contributed by atoms with Gasteiger partial charge in [0.05, 0.1) is 18.8 Å². The van der Waals surface area contributed by atoms with Crippen molar-refractivity contribution in [3.63, 3.8) is 0 Å². The number of carbonyl (C=O) groups is 1. The minimum atomic E-state index is -3.13. The molecule has 0 aliphatic carbocycles. The first-order chi connectivity index (χ1) is 11.9. The van der Waals surface area contributed by atoms with Gasteiger partial charge in [-0.15, -0.1) is 0 Å². The Labute approximate surface area is 151 Å². The van der Waals surface area contributed by atoms with Gasteiger partial charge in [0.2, 0.25) is 10.0 Å². The van der Waals surface area contributed by atoms with Crippen molar-refractivity contribution in [1.29, 1.82) is 0 Å². The van der Waals surface area contributed by atoms with Crippen molar-refractivity contribution in [3.05, 3.63) is 0 Å². The molecule has 1 aliphatic heterocycles. The molecule has 0 unspecified atom stereocenters. The molecule has 1 N–H and O–H groups in total. The summed E-state index contributed by atoms with van der Waals surface area (Å²) in [5.74, 6) is 0.774. The molecule has 0 saturated carbocycles. The number of carbonyl (C=O) groups excluding carboxylic acids is 1. The summed E-state index contributed by atoms with van der Waals surface area (Å²) in [5.41, 5.74) is 0. The fourth-order valence-electron chi connectivity index (χ4n) is 2.76. The predicted molar refractivity (Wildman–Crippen MR) is 99.0 cm³/mol. The largest absolute Gasteiger partial charge is 0.469 e. The molecular formula is C16H32N4O4S. The van der Waals surface area contributed by atoms with Crippen molar-refractivity contribution in [2.24, 2.45) is 10.9 Å². The molecule has 0 aromatic rings. The van der Waals surface area contributed by atoms with E-state index in [1.807, 2.05) is 6.92 Å². The molecule has 25 heavy (non-hydrogen) atoms. The molecular weight excluding hydrogens is 344 g/mol. The average molecular weight is 377 g/mol. The third kappa shape index (κ3) is 6.81. The molecule has 0 amide bonds. The molecule has 0 radical (unpaired) electrons. The summed E-state index contributed by atoms with van der Waals surface area (Å²) in [4.78, 5) is 18.4. The highest BCUT2D eigenvalue weighted by atomic mass is 32.2. The van der Waals surface area contributed by atoms with E-state index in [0.717, 1.165) is 38.4 Å². The first-order valence-electron chi connectivity index (χ1n) is 8.90. The van der Waals surface area contributed by atoms with Gasteiger partial charge in [0.15, 0.2) is 5.96 Å². The first-order valence-corrected chi connectivity index (χ1v) is 10.5. The Kier molecular flexibility index (Phi) is 9.20. The van der Waals surface area contributed by atoms with Crippen molar-refractivity contribution in [1.82, 2.24) is 14.5 Å². The number of hydrogen-bond donors (Lipinski definition) is 1. The summed E-state index contributed by atoms with van der Waals surface area (Å²) in [6.45, 7) is 6.96. The summed E-state index contributed by atoms with van der Waals surface area (Å²) in [6.07, 6.45) is 2.19. The van der Waals surface area contributed by atoms with Crippen LogP contribution in [0.2, 0.25) is 0 Å². The maximum Gasteiger partial charge on any atom is 0.308 e. The summed E-state index contributed by atoms with van der Waals surface area (Å²) >= 11 is 0. The van der Waals surface area contributed by atoms with Gasteiger partial charge in [-0.2, -0.15) is 0 Å². The number of methoxy groups -OCH3 is 1. The van der Waals surface area contributed by atoms with E-state index in [1.54, 1.807) is 14.0 Å². The predicted octanol–water partition coefficient (Wildman–Crippen LogP) is 0.509. The van der Waals surface area contributed by atoms with Crippen LogP contribution in [0.5, 0.6) is 0 Å². The summed E-state index contributed by atoms with van der Waals surface area (Å²) in [7, 11) is -0.102. The van der Waals surface area contributed by atoms with Gasteiger partial charge < -0.3 is 15.0 Å². The Balaban J connectivity index is 2.51. The standard InChI is InChI=1S/C16H32N4O4S/c1-5-17-16(18-10-7-11-19(3)25(22,23)6-2)20-12-8-14(9-13-20)15(21)24-4/h14H,5-13H2,1-4H3,(H,17,18).